The highest BCUT2D eigenvalue weighted by Gasteiger charge is 2.43. The van der Waals surface area contributed by atoms with Crippen molar-refractivity contribution < 1.29 is 0 Å². The fourth-order valence-corrected chi connectivity index (χ4v) is 5.31. The third kappa shape index (κ3) is 3.33. The molecule has 132 valence electrons. The molecular formula is C19H30N4S. The van der Waals surface area contributed by atoms with Gasteiger partial charge in [-0.2, -0.15) is 0 Å². The van der Waals surface area contributed by atoms with Gasteiger partial charge in [-0.15, -0.1) is 11.3 Å². The quantitative estimate of drug-likeness (QED) is 0.672. The van der Waals surface area contributed by atoms with Gasteiger partial charge in [-0.1, -0.05) is 6.42 Å². The molecule has 1 saturated carbocycles. The lowest BCUT2D eigenvalue weighted by Gasteiger charge is -2.38. The summed E-state index contributed by atoms with van der Waals surface area (Å²) in [6.07, 6.45) is 6.87. The fraction of sp³-hybridized carbons (Fsp3) is 0.737. The van der Waals surface area contributed by atoms with Crippen LogP contribution in [0.25, 0.3) is 0 Å². The lowest BCUT2D eigenvalue weighted by Crippen LogP contribution is -2.43. The first kappa shape index (κ1) is 16.4. The highest BCUT2D eigenvalue weighted by atomic mass is 32.1. The van der Waals surface area contributed by atoms with Crippen LogP contribution in [-0.4, -0.2) is 55.0 Å². The van der Waals surface area contributed by atoms with Crippen molar-refractivity contribution in [1.29, 1.82) is 0 Å². The van der Waals surface area contributed by atoms with E-state index in [4.69, 9.17) is 4.99 Å². The molecule has 0 unspecified atom stereocenters. The maximum atomic E-state index is 4.95. The van der Waals surface area contributed by atoms with Crippen molar-refractivity contribution in [2.24, 2.45) is 10.4 Å². The maximum Gasteiger partial charge on any atom is 0.193 e. The molecule has 1 spiro atoms. The molecule has 1 aliphatic carbocycles. The molecule has 0 aromatic carbocycles. The molecule has 3 aliphatic rings. The highest BCUT2D eigenvalue weighted by molar-refractivity contribution is 7.10. The number of fused-ring (bicyclic) bond motifs is 1. The van der Waals surface area contributed by atoms with Crippen LogP contribution in [0.1, 0.15) is 43.0 Å². The third-order valence-electron chi connectivity index (χ3n) is 6.05. The maximum absolute atomic E-state index is 4.95. The molecular weight excluding hydrogens is 316 g/mol. The van der Waals surface area contributed by atoms with Gasteiger partial charge in [0.25, 0.3) is 0 Å². The SMILES string of the molecule is CCNC(=NCCN1CCc2sccc2C1)N1CCC2(CCC2)C1. The monoisotopic (exact) mass is 346 g/mol. The van der Waals surface area contributed by atoms with Crippen molar-refractivity contribution in [2.45, 2.75) is 45.6 Å². The van der Waals surface area contributed by atoms with Crippen molar-refractivity contribution in [3.63, 3.8) is 0 Å². The van der Waals surface area contributed by atoms with E-state index in [0.717, 1.165) is 32.1 Å². The number of hydrogen-bond acceptors (Lipinski definition) is 3. The molecule has 1 aromatic rings. The number of nitrogens with zero attached hydrogens (tertiary/aromatic N) is 3. The summed E-state index contributed by atoms with van der Waals surface area (Å²) in [6, 6.07) is 2.29. The first-order valence-corrected chi connectivity index (χ1v) is 10.5. The summed E-state index contributed by atoms with van der Waals surface area (Å²) in [4.78, 5) is 11.6. The zero-order valence-electron chi connectivity index (χ0n) is 14.9. The Bertz CT molecular complexity index is 590. The normalized spacial score (nSPS) is 23.4. The van der Waals surface area contributed by atoms with Crippen LogP contribution >= 0.6 is 11.3 Å². The Morgan fingerprint density at radius 1 is 1.33 bits per heavy atom. The minimum atomic E-state index is 0.637. The smallest absolute Gasteiger partial charge is 0.193 e. The van der Waals surface area contributed by atoms with Crippen LogP contribution in [0.5, 0.6) is 0 Å². The van der Waals surface area contributed by atoms with Gasteiger partial charge in [0.1, 0.15) is 0 Å². The van der Waals surface area contributed by atoms with E-state index in [1.54, 1.807) is 4.88 Å². The number of nitrogens with one attached hydrogen (secondary N) is 1. The topological polar surface area (TPSA) is 30.9 Å². The second-order valence-electron chi connectivity index (χ2n) is 7.66. The lowest BCUT2D eigenvalue weighted by molar-refractivity contribution is 0.151. The summed E-state index contributed by atoms with van der Waals surface area (Å²) in [5.41, 5.74) is 2.17. The standard InChI is InChI=1S/C19H30N4S/c1-2-20-18(23-11-8-19(15-23)6-3-7-19)21-9-12-22-10-4-17-16(14-22)5-13-24-17/h5,13H,2-4,6-12,14-15H2,1H3,(H,20,21). The molecule has 0 amide bonds. The van der Waals surface area contributed by atoms with Crippen LogP contribution in [0.4, 0.5) is 0 Å². The fourth-order valence-electron chi connectivity index (χ4n) is 4.42. The van der Waals surface area contributed by atoms with E-state index < -0.39 is 0 Å². The predicted octanol–water partition coefficient (Wildman–Crippen LogP) is 2.95. The van der Waals surface area contributed by atoms with Gasteiger partial charge >= 0.3 is 0 Å². The predicted molar refractivity (Wildman–Crippen MR) is 102 cm³/mol. The average Bonchev–Trinajstić information content (AvgIpc) is 3.20. The number of rotatable bonds is 4. The summed E-state index contributed by atoms with van der Waals surface area (Å²) in [6.45, 7) is 9.82. The average molecular weight is 347 g/mol. The highest BCUT2D eigenvalue weighted by Crippen LogP contribution is 2.47. The Morgan fingerprint density at radius 3 is 3.00 bits per heavy atom. The van der Waals surface area contributed by atoms with Crippen molar-refractivity contribution in [3.05, 3.63) is 21.9 Å². The molecule has 1 saturated heterocycles. The van der Waals surface area contributed by atoms with E-state index in [9.17, 15) is 0 Å². The van der Waals surface area contributed by atoms with E-state index in [2.05, 4.69) is 33.5 Å². The Balaban J connectivity index is 1.31. The number of thiophene rings is 1. The summed E-state index contributed by atoms with van der Waals surface area (Å²) >= 11 is 1.92. The Kier molecular flexibility index (Phi) is 4.81. The molecule has 2 aliphatic heterocycles. The summed E-state index contributed by atoms with van der Waals surface area (Å²) in [5, 5.41) is 5.75. The number of aliphatic imine (C=N–C) groups is 1. The molecule has 0 atom stereocenters. The Morgan fingerprint density at radius 2 is 2.25 bits per heavy atom. The van der Waals surface area contributed by atoms with Crippen molar-refractivity contribution in [3.8, 4) is 0 Å². The minimum Gasteiger partial charge on any atom is -0.357 e. The van der Waals surface area contributed by atoms with Crippen LogP contribution in [0.2, 0.25) is 0 Å². The first-order valence-electron chi connectivity index (χ1n) is 9.59. The van der Waals surface area contributed by atoms with Crippen LogP contribution < -0.4 is 5.32 Å². The lowest BCUT2D eigenvalue weighted by atomic mass is 9.68. The Labute approximate surface area is 149 Å². The van der Waals surface area contributed by atoms with Gasteiger partial charge in [0, 0.05) is 44.1 Å². The van der Waals surface area contributed by atoms with E-state index in [1.807, 2.05) is 11.3 Å². The minimum absolute atomic E-state index is 0.637. The van der Waals surface area contributed by atoms with E-state index in [-0.39, 0.29) is 0 Å². The molecule has 24 heavy (non-hydrogen) atoms. The second kappa shape index (κ2) is 7.04. The third-order valence-corrected chi connectivity index (χ3v) is 7.07. The molecule has 4 rings (SSSR count). The van der Waals surface area contributed by atoms with Gasteiger partial charge in [-0.05, 0) is 55.0 Å². The van der Waals surface area contributed by atoms with E-state index in [0.29, 0.717) is 5.41 Å². The molecule has 1 aromatic heterocycles. The van der Waals surface area contributed by atoms with Gasteiger partial charge in [0.15, 0.2) is 5.96 Å². The van der Waals surface area contributed by atoms with Crippen LogP contribution in [0, 0.1) is 5.41 Å². The van der Waals surface area contributed by atoms with Crippen molar-refractivity contribution >= 4 is 17.3 Å². The van der Waals surface area contributed by atoms with Crippen molar-refractivity contribution in [2.75, 3.05) is 39.3 Å². The summed E-state index contributed by atoms with van der Waals surface area (Å²) < 4.78 is 0. The molecule has 2 fully saturated rings. The van der Waals surface area contributed by atoms with E-state index in [1.165, 1.54) is 57.3 Å². The zero-order valence-corrected chi connectivity index (χ0v) is 15.7. The van der Waals surface area contributed by atoms with Gasteiger partial charge in [-0.3, -0.25) is 9.89 Å². The molecule has 0 bridgehead atoms. The van der Waals surface area contributed by atoms with Gasteiger partial charge < -0.3 is 10.2 Å². The Hall–Kier alpha value is -1.07. The number of likely N-dealkylation sites (tertiary alicyclic amines) is 1. The van der Waals surface area contributed by atoms with Crippen molar-refractivity contribution in [1.82, 2.24) is 15.1 Å². The molecule has 1 N–H and O–H groups in total. The molecule has 5 heteroatoms. The van der Waals surface area contributed by atoms with Gasteiger partial charge in [0.05, 0.1) is 6.54 Å². The first-order chi connectivity index (χ1) is 11.8. The van der Waals surface area contributed by atoms with Crippen LogP contribution in [-0.2, 0) is 13.0 Å². The second-order valence-corrected chi connectivity index (χ2v) is 8.66. The molecule has 4 nitrogen and oxygen atoms in total. The largest absolute Gasteiger partial charge is 0.357 e. The van der Waals surface area contributed by atoms with Crippen LogP contribution in [0.3, 0.4) is 0 Å². The summed E-state index contributed by atoms with van der Waals surface area (Å²) in [5.74, 6) is 1.15. The number of hydrogen-bond donors (Lipinski definition) is 1. The van der Waals surface area contributed by atoms with Crippen LogP contribution in [0.15, 0.2) is 16.4 Å². The summed E-state index contributed by atoms with van der Waals surface area (Å²) in [7, 11) is 0. The molecule has 0 radical (unpaired) electrons. The molecule has 3 heterocycles. The van der Waals surface area contributed by atoms with E-state index >= 15 is 0 Å². The number of guanidine groups is 1. The van der Waals surface area contributed by atoms with Gasteiger partial charge in [0.2, 0.25) is 0 Å². The zero-order chi connectivity index (χ0) is 16.4. The van der Waals surface area contributed by atoms with Gasteiger partial charge in [-0.25, -0.2) is 0 Å².